The Kier molecular flexibility index (Phi) is 6.08. The van der Waals surface area contributed by atoms with Crippen LogP contribution in [0.1, 0.15) is 0 Å². The van der Waals surface area contributed by atoms with Gasteiger partial charge in [0.25, 0.3) is 5.22 Å². The highest BCUT2D eigenvalue weighted by Gasteiger charge is 2.12. The molecule has 8 heteroatoms. The van der Waals surface area contributed by atoms with Gasteiger partial charge in [-0.25, -0.2) is 4.98 Å². The molecule has 1 heterocycles. The highest BCUT2D eigenvalue weighted by atomic mass is 35.5. The number of halogens is 2. The molecule has 134 valence electrons. The number of nitrogens with one attached hydrogen (secondary N) is 1. The molecule has 0 radical (unpaired) electrons. The van der Waals surface area contributed by atoms with Crippen molar-refractivity contribution >= 4 is 46.6 Å². The molecule has 0 aliphatic rings. The summed E-state index contributed by atoms with van der Waals surface area (Å²) < 4.78 is 10.9. The van der Waals surface area contributed by atoms with Crippen LogP contribution in [0.3, 0.4) is 0 Å². The Bertz CT molecular complexity index is 913. The molecule has 5 nitrogen and oxygen atoms in total. The molecule has 3 aromatic rings. The van der Waals surface area contributed by atoms with Crippen LogP contribution in [0.5, 0.6) is 5.75 Å². The summed E-state index contributed by atoms with van der Waals surface area (Å²) in [4.78, 5) is 16.3. The summed E-state index contributed by atoms with van der Waals surface area (Å²) in [6.07, 6.45) is 1.61. The van der Waals surface area contributed by atoms with E-state index in [0.717, 1.165) is 5.56 Å². The second kappa shape index (κ2) is 8.49. The van der Waals surface area contributed by atoms with Gasteiger partial charge in [-0.15, -0.1) is 0 Å². The van der Waals surface area contributed by atoms with E-state index in [-0.39, 0.29) is 11.7 Å². The smallest absolute Gasteiger partial charge is 0.256 e. The van der Waals surface area contributed by atoms with E-state index in [4.69, 9.17) is 32.4 Å². The number of rotatable bonds is 6. The molecule has 1 amide bonds. The van der Waals surface area contributed by atoms with Gasteiger partial charge < -0.3 is 14.5 Å². The lowest BCUT2D eigenvalue weighted by molar-refractivity contribution is -0.113. The van der Waals surface area contributed by atoms with Gasteiger partial charge in [-0.2, -0.15) is 0 Å². The zero-order chi connectivity index (χ0) is 18.5. The van der Waals surface area contributed by atoms with Crippen molar-refractivity contribution in [3.05, 3.63) is 58.7 Å². The largest absolute Gasteiger partial charge is 0.495 e. The van der Waals surface area contributed by atoms with Crippen LogP contribution in [0.25, 0.3) is 11.3 Å². The van der Waals surface area contributed by atoms with Gasteiger partial charge in [-0.3, -0.25) is 4.79 Å². The predicted molar refractivity (Wildman–Crippen MR) is 104 cm³/mol. The van der Waals surface area contributed by atoms with Crippen LogP contribution in [0, 0.1) is 0 Å². The maximum absolute atomic E-state index is 12.2. The van der Waals surface area contributed by atoms with Gasteiger partial charge in [0.05, 0.1) is 24.7 Å². The fourth-order valence-electron chi connectivity index (χ4n) is 2.16. The third-order valence-electron chi connectivity index (χ3n) is 3.38. The molecule has 26 heavy (non-hydrogen) atoms. The number of benzene rings is 2. The number of ether oxygens (including phenoxy) is 1. The summed E-state index contributed by atoms with van der Waals surface area (Å²) in [5, 5.41) is 4.33. The molecule has 0 aliphatic carbocycles. The van der Waals surface area contributed by atoms with Gasteiger partial charge in [0.1, 0.15) is 5.75 Å². The monoisotopic (exact) mass is 408 g/mol. The zero-order valence-electron chi connectivity index (χ0n) is 13.7. The normalized spacial score (nSPS) is 10.6. The lowest BCUT2D eigenvalue weighted by Gasteiger charge is -2.09. The molecule has 1 N–H and O–H groups in total. The Hall–Kier alpha value is -2.15. The van der Waals surface area contributed by atoms with E-state index in [1.807, 2.05) is 12.1 Å². The van der Waals surface area contributed by atoms with Crippen molar-refractivity contribution in [2.45, 2.75) is 5.22 Å². The van der Waals surface area contributed by atoms with Crippen molar-refractivity contribution < 1.29 is 13.9 Å². The van der Waals surface area contributed by atoms with Crippen LogP contribution in [0.2, 0.25) is 10.0 Å². The summed E-state index contributed by atoms with van der Waals surface area (Å²) in [5.74, 6) is 1.06. The fourth-order valence-corrected chi connectivity index (χ4v) is 3.06. The topological polar surface area (TPSA) is 64.4 Å². The van der Waals surface area contributed by atoms with Crippen LogP contribution in [-0.2, 0) is 4.79 Å². The van der Waals surface area contributed by atoms with Gasteiger partial charge in [-0.1, -0.05) is 35.0 Å². The van der Waals surface area contributed by atoms with Crippen LogP contribution >= 0.6 is 35.0 Å². The minimum absolute atomic E-state index is 0.135. The molecule has 3 rings (SSSR count). The quantitative estimate of drug-likeness (QED) is 0.554. The number of carbonyl (C=O) groups is 1. The van der Waals surface area contributed by atoms with Gasteiger partial charge in [0, 0.05) is 15.6 Å². The van der Waals surface area contributed by atoms with Crippen molar-refractivity contribution in [3.8, 4) is 17.1 Å². The number of hydrogen-bond donors (Lipinski definition) is 1. The highest BCUT2D eigenvalue weighted by Crippen LogP contribution is 2.29. The maximum atomic E-state index is 12.2. The Labute approximate surface area is 164 Å². The molecule has 0 spiro atoms. The number of anilines is 1. The fraction of sp³-hybridized carbons (Fsp3) is 0.111. The van der Waals surface area contributed by atoms with Crippen molar-refractivity contribution in [1.82, 2.24) is 4.98 Å². The Morgan fingerprint density at radius 2 is 1.92 bits per heavy atom. The maximum Gasteiger partial charge on any atom is 0.256 e. The molecule has 0 fully saturated rings. The van der Waals surface area contributed by atoms with E-state index in [2.05, 4.69) is 10.3 Å². The van der Waals surface area contributed by atoms with Crippen LogP contribution < -0.4 is 10.1 Å². The summed E-state index contributed by atoms with van der Waals surface area (Å²) in [7, 11) is 1.53. The second-order valence-electron chi connectivity index (χ2n) is 5.18. The molecule has 1 aromatic heterocycles. The summed E-state index contributed by atoms with van der Waals surface area (Å²) in [6.45, 7) is 0. The zero-order valence-corrected chi connectivity index (χ0v) is 16.0. The van der Waals surface area contributed by atoms with E-state index in [9.17, 15) is 4.79 Å². The van der Waals surface area contributed by atoms with E-state index >= 15 is 0 Å². The van der Waals surface area contributed by atoms with Gasteiger partial charge in [0.15, 0.2) is 5.76 Å². The van der Waals surface area contributed by atoms with Gasteiger partial charge in [0.2, 0.25) is 5.91 Å². The lowest BCUT2D eigenvalue weighted by Crippen LogP contribution is -2.14. The van der Waals surface area contributed by atoms with Crippen molar-refractivity contribution in [1.29, 1.82) is 0 Å². The van der Waals surface area contributed by atoms with Crippen LogP contribution in [0.4, 0.5) is 5.69 Å². The predicted octanol–water partition coefficient (Wildman–Crippen LogP) is 5.39. The van der Waals surface area contributed by atoms with Crippen molar-refractivity contribution in [2.75, 3.05) is 18.2 Å². The van der Waals surface area contributed by atoms with E-state index in [1.54, 1.807) is 36.5 Å². The number of nitrogens with zero attached hydrogens (tertiary/aromatic N) is 1. The van der Waals surface area contributed by atoms with Crippen LogP contribution in [-0.4, -0.2) is 23.8 Å². The third kappa shape index (κ3) is 4.72. The first-order valence-electron chi connectivity index (χ1n) is 7.53. The standard InChI is InChI=1S/C18H14Cl2N2O3S/c1-24-15-7-6-13(20)8-14(15)22-17(23)10-26-18-21-9-16(25-18)11-2-4-12(19)5-3-11/h2-9H,10H2,1H3,(H,22,23). The number of methoxy groups -OCH3 is 1. The average Bonchev–Trinajstić information content (AvgIpc) is 3.10. The first-order chi connectivity index (χ1) is 12.5. The highest BCUT2D eigenvalue weighted by molar-refractivity contribution is 7.99. The second-order valence-corrected chi connectivity index (χ2v) is 6.98. The molecular formula is C18H14Cl2N2O3S. The Morgan fingerprint density at radius 1 is 1.19 bits per heavy atom. The summed E-state index contributed by atoms with van der Waals surface area (Å²) in [6, 6.07) is 12.3. The number of aromatic nitrogens is 1. The Balaban J connectivity index is 1.60. The number of thioether (sulfide) groups is 1. The first-order valence-corrected chi connectivity index (χ1v) is 9.27. The number of carbonyl (C=O) groups excluding carboxylic acids is 1. The number of hydrogen-bond acceptors (Lipinski definition) is 5. The Morgan fingerprint density at radius 3 is 2.65 bits per heavy atom. The molecule has 0 atom stereocenters. The summed E-state index contributed by atoms with van der Waals surface area (Å²) >= 11 is 13.0. The lowest BCUT2D eigenvalue weighted by atomic mass is 10.2. The molecule has 2 aromatic carbocycles. The van der Waals surface area contributed by atoms with E-state index < -0.39 is 0 Å². The average molecular weight is 409 g/mol. The molecule has 0 saturated heterocycles. The molecular weight excluding hydrogens is 395 g/mol. The van der Waals surface area contributed by atoms with Crippen LogP contribution in [0.15, 0.2) is 58.3 Å². The first kappa shape index (κ1) is 18.6. The molecule has 0 bridgehead atoms. The molecule has 0 unspecified atom stereocenters. The SMILES string of the molecule is COc1ccc(Cl)cc1NC(=O)CSc1ncc(-c2ccc(Cl)cc2)o1. The third-order valence-corrected chi connectivity index (χ3v) is 4.70. The van der Waals surface area contributed by atoms with Crippen molar-refractivity contribution in [2.24, 2.45) is 0 Å². The minimum atomic E-state index is -0.221. The van der Waals surface area contributed by atoms with Crippen molar-refractivity contribution in [3.63, 3.8) is 0 Å². The van der Waals surface area contributed by atoms with E-state index in [0.29, 0.717) is 32.5 Å². The molecule has 0 aliphatic heterocycles. The van der Waals surface area contributed by atoms with E-state index in [1.165, 1.54) is 18.9 Å². The molecule has 0 saturated carbocycles. The number of amides is 1. The minimum Gasteiger partial charge on any atom is -0.495 e. The number of oxazole rings is 1. The van der Waals surface area contributed by atoms with Gasteiger partial charge in [-0.05, 0) is 42.5 Å². The van der Waals surface area contributed by atoms with Gasteiger partial charge >= 0.3 is 0 Å². The summed E-state index contributed by atoms with van der Waals surface area (Å²) in [5.41, 5.74) is 1.38.